The van der Waals surface area contributed by atoms with Crippen molar-refractivity contribution in [2.24, 2.45) is 11.7 Å². The van der Waals surface area contributed by atoms with E-state index in [1.165, 1.54) is 0 Å². The molecule has 4 heteroatoms. The molecule has 0 aromatic rings. The van der Waals surface area contributed by atoms with E-state index in [1.54, 1.807) is 0 Å². The van der Waals surface area contributed by atoms with Crippen LogP contribution >= 0.6 is 0 Å². The van der Waals surface area contributed by atoms with E-state index in [-0.39, 0.29) is 12.0 Å². The molecule has 0 saturated heterocycles. The molecule has 1 aliphatic rings. The van der Waals surface area contributed by atoms with Crippen molar-refractivity contribution >= 4 is 5.97 Å². The van der Waals surface area contributed by atoms with Crippen LogP contribution in [0.1, 0.15) is 44.9 Å². The van der Waals surface area contributed by atoms with Gasteiger partial charge in [-0.1, -0.05) is 25.7 Å². The lowest BCUT2D eigenvalue weighted by Gasteiger charge is -2.24. The first-order valence-electron chi connectivity index (χ1n) is 5.76. The molecule has 1 fully saturated rings. The van der Waals surface area contributed by atoms with E-state index < -0.39 is 12.0 Å². The number of hydrogen-bond donors (Lipinski definition) is 3. The van der Waals surface area contributed by atoms with Gasteiger partial charge in [0, 0.05) is 0 Å². The number of hydrogen-bond acceptors (Lipinski definition) is 3. The molecule has 0 aliphatic heterocycles. The van der Waals surface area contributed by atoms with E-state index >= 15 is 0 Å². The smallest absolute Gasteiger partial charge is 0.320 e. The van der Waals surface area contributed by atoms with Gasteiger partial charge in [-0.3, -0.25) is 4.79 Å². The number of aliphatic carboxylic acids is 1. The van der Waals surface area contributed by atoms with E-state index in [1.807, 2.05) is 0 Å². The van der Waals surface area contributed by atoms with Gasteiger partial charge in [0.2, 0.25) is 0 Å². The van der Waals surface area contributed by atoms with Crippen molar-refractivity contribution in [3.8, 4) is 0 Å². The third-order valence-corrected chi connectivity index (χ3v) is 3.16. The first-order valence-corrected chi connectivity index (χ1v) is 5.76. The molecule has 88 valence electrons. The quantitative estimate of drug-likeness (QED) is 0.658. The number of rotatable bonds is 3. The number of aliphatic hydroxyl groups excluding tert-OH is 1. The van der Waals surface area contributed by atoms with Crippen LogP contribution in [0.25, 0.3) is 0 Å². The minimum atomic E-state index is -0.938. The number of carboxylic acid groups (broad SMARTS) is 1. The van der Waals surface area contributed by atoms with E-state index in [2.05, 4.69) is 0 Å². The van der Waals surface area contributed by atoms with Gasteiger partial charge in [-0.05, 0) is 25.2 Å². The lowest BCUT2D eigenvalue weighted by Crippen LogP contribution is -2.33. The Morgan fingerprint density at radius 1 is 1.33 bits per heavy atom. The van der Waals surface area contributed by atoms with Crippen LogP contribution in [0, 0.1) is 5.92 Å². The van der Waals surface area contributed by atoms with Gasteiger partial charge in [-0.2, -0.15) is 0 Å². The van der Waals surface area contributed by atoms with Crippen LogP contribution < -0.4 is 5.73 Å². The fourth-order valence-electron chi connectivity index (χ4n) is 2.28. The Morgan fingerprint density at radius 3 is 2.67 bits per heavy atom. The molecule has 4 N–H and O–H groups in total. The zero-order chi connectivity index (χ0) is 11.3. The summed E-state index contributed by atoms with van der Waals surface area (Å²) in [6.07, 6.45) is 6.12. The molecular formula is C11H21NO3. The maximum Gasteiger partial charge on any atom is 0.320 e. The van der Waals surface area contributed by atoms with Gasteiger partial charge in [0.1, 0.15) is 6.04 Å². The average Bonchev–Trinajstić information content (AvgIpc) is 2.13. The maximum absolute atomic E-state index is 10.6. The van der Waals surface area contributed by atoms with E-state index in [0.717, 1.165) is 32.1 Å². The highest BCUT2D eigenvalue weighted by atomic mass is 16.4. The van der Waals surface area contributed by atoms with Gasteiger partial charge >= 0.3 is 5.97 Å². The molecule has 1 rings (SSSR count). The molecule has 1 saturated carbocycles. The summed E-state index contributed by atoms with van der Waals surface area (Å²) in [5.74, 6) is -0.669. The maximum atomic E-state index is 10.6. The Bertz CT molecular complexity index is 208. The highest BCUT2D eigenvalue weighted by Gasteiger charge is 2.22. The second-order valence-corrected chi connectivity index (χ2v) is 4.57. The topological polar surface area (TPSA) is 83.5 Å². The Hall–Kier alpha value is -0.610. The second kappa shape index (κ2) is 6.08. The molecule has 0 amide bonds. The van der Waals surface area contributed by atoms with Crippen molar-refractivity contribution < 1.29 is 15.0 Å². The summed E-state index contributed by atoms with van der Waals surface area (Å²) < 4.78 is 0. The largest absolute Gasteiger partial charge is 0.480 e. The molecule has 0 aromatic heterocycles. The first-order chi connectivity index (χ1) is 7.09. The Kier molecular flexibility index (Phi) is 5.05. The predicted octanol–water partition coefficient (Wildman–Crippen LogP) is 1.12. The molecule has 2 unspecified atom stereocenters. The molecule has 3 atom stereocenters. The fourth-order valence-corrected chi connectivity index (χ4v) is 2.28. The Morgan fingerprint density at radius 2 is 2.00 bits per heavy atom. The Balaban J connectivity index is 2.40. The predicted molar refractivity (Wildman–Crippen MR) is 57.4 cm³/mol. The van der Waals surface area contributed by atoms with Crippen LogP contribution in [0.2, 0.25) is 0 Å². The average molecular weight is 215 g/mol. The number of carboxylic acids is 1. The van der Waals surface area contributed by atoms with Crippen molar-refractivity contribution in [3.63, 3.8) is 0 Å². The zero-order valence-corrected chi connectivity index (χ0v) is 9.06. The number of nitrogens with two attached hydrogens (primary N) is 1. The van der Waals surface area contributed by atoms with Gasteiger partial charge in [0.25, 0.3) is 0 Å². The first kappa shape index (κ1) is 12.5. The lowest BCUT2D eigenvalue weighted by molar-refractivity contribution is -0.139. The van der Waals surface area contributed by atoms with Crippen LogP contribution in [0.4, 0.5) is 0 Å². The highest BCUT2D eigenvalue weighted by molar-refractivity contribution is 5.73. The molecular weight excluding hydrogens is 194 g/mol. The SMILES string of the molecule is N[C@@H](CC1CCCCCC(O)C1)C(=O)O. The van der Waals surface area contributed by atoms with Gasteiger partial charge in [0.15, 0.2) is 0 Å². The van der Waals surface area contributed by atoms with Crippen molar-refractivity contribution in [3.05, 3.63) is 0 Å². The van der Waals surface area contributed by atoms with Crippen molar-refractivity contribution in [2.75, 3.05) is 0 Å². The molecule has 1 aliphatic carbocycles. The summed E-state index contributed by atoms with van der Waals surface area (Å²) in [5.41, 5.74) is 5.50. The highest BCUT2D eigenvalue weighted by Crippen LogP contribution is 2.25. The van der Waals surface area contributed by atoms with Gasteiger partial charge in [0.05, 0.1) is 6.10 Å². The van der Waals surface area contributed by atoms with Crippen LogP contribution in [0.5, 0.6) is 0 Å². The van der Waals surface area contributed by atoms with Gasteiger partial charge < -0.3 is 15.9 Å². The molecule has 0 aromatic carbocycles. The number of carbonyl (C=O) groups is 1. The second-order valence-electron chi connectivity index (χ2n) is 4.57. The summed E-state index contributed by atoms with van der Waals surface area (Å²) in [6, 6.07) is -0.776. The third-order valence-electron chi connectivity index (χ3n) is 3.16. The molecule has 15 heavy (non-hydrogen) atoms. The van der Waals surface area contributed by atoms with Crippen LogP contribution in [-0.2, 0) is 4.79 Å². The van der Waals surface area contributed by atoms with Gasteiger partial charge in [-0.25, -0.2) is 0 Å². The zero-order valence-electron chi connectivity index (χ0n) is 9.06. The standard InChI is InChI=1S/C11H21NO3/c12-10(11(14)15)7-8-4-2-1-3-5-9(13)6-8/h8-10,13H,1-7,12H2,(H,14,15)/t8?,9?,10-/m0/s1. The fraction of sp³-hybridized carbons (Fsp3) is 0.909. The summed E-state index contributed by atoms with van der Waals surface area (Å²) in [5, 5.41) is 18.4. The minimum Gasteiger partial charge on any atom is -0.480 e. The van der Waals surface area contributed by atoms with Crippen molar-refractivity contribution in [1.82, 2.24) is 0 Å². The molecule has 0 radical (unpaired) electrons. The molecule has 4 nitrogen and oxygen atoms in total. The molecule has 0 bridgehead atoms. The van der Waals surface area contributed by atoms with E-state index in [4.69, 9.17) is 10.8 Å². The van der Waals surface area contributed by atoms with Crippen LogP contribution in [0.15, 0.2) is 0 Å². The summed E-state index contributed by atoms with van der Waals surface area (Å²) in [7, 11) is 0. The molecule has 0 spiro atoms. The van der Waals surface area contributed by atoms with E-state index in [9.17, 15) is 9.90 Å². The van der Waals surface area contributed by atoms with Crippen molar-refractivity contribution in [2.45, 2.75) is 57.1 Å². The summed E-state index contributed by atoms with van der Waals surface area (Å²) in [6.45, 7) is 0. The monoisotopic (exact) mass is 215 g/mol. The van der Waals surface area contributed by atoms with Crippen molar-refractivity contribution in [1.29, 1.82) is 0 Å². The third kappa shape index (κ3) is 4.62. The molecule has 0 heterocycles. The minimum absolute atomic E-state index is 0.267. The summed E-state index contributed by atoms with van der Waals surface area (Å²) >= 11 is 0. The van der Waals surface area contributed by atoms with Gasteiger partial charge in [-0.15, -0.1) is 0 Å². The Labute approximate surface area is 90.5 Å². The van der Waals surface area contributed by atoms with Crippen LogP contribution in [0.3, 0.4) is 0 Å². The van der Waals surface area contributed by atoms with Crippen LogP contribution in [-0.4, -0.2) is 28.3 Å². The summed E-state index contributed by atoms with van der Waals surface area (Å²) in [4.78, 5) is 10.6. The normalized spacial score (nSPS) is 30.3. The van der Waals surface area contributed by atoms with E-state index in [0.29, 0.717) is 12.8 Å². The lowest BCUT2D eigenvalue weighted by atomic mass is 9.85. The number of aliphatic hydroxyl groups is 1.